The Labute approximate surface area is 92.4 Å². The molecular weight excluding hydrogens is 196 g/mol. The first-order valence-electron chi connectivity index (χ1n) is 5.26. The van der Waals surface area contributed by atoms with Gasteiger partial charge in [0.2, 0.25) is 5.91 Å². The fraction of sp³-hybridized carbons (Fsp3) is 0.900. The molecule has 0 aliphatic heterocycles. The van der Waals surface area contributed by atoms with Crippen LogP contribution in [0.3, 0.4) is 0 Å². The summed E-state index contributed by atoms with van der Waals surface area (Å²) >= 11 is 4.24. The molecule has 3 nitrogen and oxygen atoms in total. The van der Waals surface area contributed by atoms with E-state index in [1.54, 1.807) is 0 Å². The standard InChI is InChI=1S/C10H22N2OS/c1-4-11-6-5-7-12-10(13)9(14)8(2)3/h8-9,11,14H,4-7H2,1-3H3,(H,12,13). The van der Waals surface area contributed by atoms with Crippen LogP contribution in [0.25, 0.3) is 0 Å². The molecule has 0 aromatic heterocycles. The van der Waals surface area contributed by atoms with Crippen molar-refractivity contribution in [3.63, 3.8) is 0 Å². The molecule has 0 aliphatic carbocycles. The van der Waals surface area contributed by atoms with Crippen LogP contribution in [0.2, 0.25) is 0 Å². The Morgan fingerprint density at radius 1 is 1.36 bits per heavy atom. The minimum atomic E-state index is -0.186. The van der Waals surface area contributed by atoms with Crippen LogP contribution in [0.5, 0.6) is 0 Å². The molecule has 0 bridgehead atoms. The van der Waals surface area contributed by atoms with Crippen molar-refractivity contribution in [2.45, 2.75) is 32.4 Å². The summed E-state index contributed by atoms with van der Waals surface area (Å²) in [5, 5.41) is 5.88. The number of hydrogen-bond donors (Lipinski definition) is 3. The maximum Gasteiger partial charge on any atom is 0.233 e. The van der Waals surface area contributed by atoms with E-state index in [-0.39, 0.29) is 17.1 Å². The lowest BCUT2D eigenvalue weighted by molar-refractivity contribution is -0.121. The van der Waals surface area contributed by atoms with Gasteiger partial charge in [-0.25, -0.2) is 0 Å². The third-order valence-corrected chi connectivity index (χ3v) is 2.81. The zero-order valence-electron chi connectivity index (χ0n) is 9.34. The molecule has 0 heterocycles. The maximum atomic E-state index is 11.4. The average molecular weight is 218 g/mol. The molecule has 0 aliphatic rings. The minimum Gasteiger partial charge on any atom is -0.355 e. The highest BCUT2D eigenvalue weighted by molar-refractivity contribution is 7.81. The Bertz CT molecular complexity index is 162. The monoisotopic (exact) mass is 218 g/mol. The smallest absolute Gasteiger partial charge is 0.233 e. The third-order valence-electron chi connectivity index (χ3n) is 1.98. The predicted octanol–water partition coefficient (Wildman–Crippen LogP) is 1.06. The quantitative estimate of drug-likeness (QED) is 0.442. The molecule has 14 heavy (non-hydrogen) atoms. The summed E-state index contributed by atoms with van der Waals surface area (Å²) in [6.07, 6.45) is 0.970. The van der Waals surface area contributed by atoms with Gasteiger partial charge in [-0.1, -0.05) is 20.8 Å². The second-order valence-electron chi connectivity index (χ2n) is 3.69. The van der Waals surface area contributed by atoms with E-state index in [1.165, 1.54) is 0 Å². The topological polar surface area (TPSA) is 41.1 Å². The lowest BCUT2D eigenvalue weighted by atomic mass is 10.1. The van der Waals surface area contributed by atoms with Gasteiger partial charge in [-0.05, 0) is 25.4 Å². The van der Waals surface area contributed by atoms with E-state index in [0.717, 1.165) is 26.1 Å². The van der Waals surface area contributed by atoms with Crippen molar-refractivity contribution in [3.8, 4) is 0 Å². The average Bonchev–Trinajstić information content (AvgIpc) is 2.16. The number of hydrogen-bond acceptors (Lipinski definition) is 3. The molecule has 1 amide bonds. The summed E-state index contributed by atoms with van der Waals surface area (Å²) in [4.78, 5) is 11.4. The molecular formula is C10H22N2OS. The number of carbonyl (C=O) groups excluding carboxylic acids is 1. The molecule has 0 saturated carbocycles. The van der Waals surface area contributed by atoms with Crippen molar-refractivity contribution in [1.82, 2.24) is 10.6 Å². The highest BCUT2D eigenvalue weighted by Gasteiger charge is 2.16. The van der Waals surface area contributed by atoms with Gasteiger partial charge in [-0.3, -0.25) is 4.79 Å². The summed E-state index contributed by atoms with van der Waals surface area (Å²) in [5.74, 6) is 0.326. The molecule has 0 radical (unpaired) electrons. The van der Waals surface area contributed by atoms with Crippen LogP contribution >= 0.6 is 12.6 Å². The molecule has 84 valence electrons. The van der Waals surface area contributed by atoms with Gasteiger partial charge in [-0.2, -0.15) is 12.6 Å². The zero-order chi connectivity index (χ0) is 11.0. The van der Waals surface area contributed by atoms with Crippen LogP contribution in [0.4, 0.5) is 0 Å². The molecule has 0 spiro atoms. The van der Waals surface area contributed by atoms with Gasteiger partial charge in [0.1, 0.15) is 0 Å². The number of carbonyl (C=O) groups is 1. The van der Waals surface area contributed by atoms with Gasteiger partial charge < -0.3 is 10.6 Å². The number of amides is 1. The van der Waals surface area contributed by atoms with E-state index in [9.17, 15) is 4.79 Å². The molecule has 4 heteroatoms. The summed E-state index contributed by atoms with van der Waals surface area (Å²) < 4.78 is 0. The molecule has 0 fully saturated rings. The lowest BCUT2D eigenvalue weighted by Crippen LogP contribution is -2.35. The van der Waals surface area contributed by atoms with Crippen molar-refractivity contribution < 1.29 is 4.79 Å². The summed E-state index contributed by atoms with van der Waals surface area (Å²) in [6.45, 7) is 8.73. The number of thiol groups is 1. The summed E-state index contributed by atoms with van der Waals surface area (Å²) in [6, 6.07) is 0. The second-order valence-corrected chi connectivity index (χ2v) is 4.24. The normalized spacial score (nSPS) is 12.9. The molecule has 0 aromatic rings. The maximum absolute atomic E-state index is 11.4. The Balaban J connectivity index is 3.44. The number of nitrogens with one attached hydrogen (secondary N) is 2. The summed E-state index contributed by atoms with van der Waals surface area (Å²) in [5.41, 5.74) is 0. The second kappa shape index (κ2) is 8.12. The molecule has 0 aromatic carbocycles. The fourth-order valence-electron chi connectivity index (χ4n) is 1.01. The van der Waals surface area contributed by atoms with Crippen molar-refractivity contribution >= 4 is 18.5 Å². The van der Waals surface area contributed by atoms with E-state index >= 15 is 0 Å². The van der Waals surface area contributed by atoms with Gasteiger partial charge >= 0.3 is 0 Å². The molecule has 0 rings (SSSR count). The molecule has 2 N–H and O–H groups in total. The Kier molecular flexibility index (Phi) is 7.99. The van der Waals surface area contributed by atoms with Gasteiger partial charge in [-0.15, -0.1) is 0 Å². The van der Waals surface area contributed by atoms with Crippen LogP contribution < -0.4 is 10.6 Å². The van der Waals surface area contributed by atoms with Crippen LogP contribution in [0.15, 0.2) is 0 Å². The van der Waals surface area contributed by atoms with Crippen molar-refractivity contribution in [3.05, 3.63) is 0 Å². The summed E-state index contributed by atoms with van der Waals surface area (Å²) in [7, 11) is 0. The SMILES string of the molecule is CCNCCCNC(=O)C(S)C(C)C. The van der Waals surface area contributed by atoms with Crippen LogP contribution in [0.1, 0.15) is 27.2 Å². The Hall–Kier alpha value is -0.220. The van der Waals surface area contributed by atoms with Gasteiger partial charge in [0.25, 0.3) is 0 Å². The van der Waals surface area contributed by atoms with Crippen molar-refractivity contribution in [2.75, 3.05) is 19.6 Å². The van der Waals surface area contributed by atoms with Crippen LogP contribution in [-0.2, 0) is 4.79 Å². The minimum absolute atomic E-state index is 0.0415. The van der Waals surface area contributed by atoms with E-state index in [4.69, 9.17) is 0 Å². The first-order valence-corrected chi connectivity index (χ1v) is 5.77. The zero-order valence-corrected chi connectivity index (χ0v) is 10.2. The Morgan fingerprint density at radius 2 is 2.00 bits per heavy atom. The van der Waals surface area contributed by atoms with Crippen molar-refractivity contribution in [1.29, 1.82) is 0 Å². The highest BCUT2D eigenvalue weighted by Crippen LogP contribution is 2.08. The first-order chi connectivity index (χ1) is 6.59. The van der Waals surface area contributed by atoms with E-state index in [2.05, 4.69) is 30.2 Å². The van der Waals surface area contributed by atoms with Crippen LogP contribution in [0, 0.1) is 5.92 Å². The predicted molar refractivity (Wildman–Crippen MR) is 63.8 cm³/mol. The van der Waals surface area contributed by atoms with E-state index in [1.807, 2.05) is 13.8 Å². The molecule has 1 atom stereocenters. The molecule has 0 saturated heterocycles. The highest BCUT2D eigenvalue weighted by atomic mass is 32.1. The van der Waals surface area contributed by atoms with Gasteiger partial charge in [0.05, 0.1) is 5.25 Å². The van der Waals surface area contributed by atoms with Crippen LogP contribution in [-0.4, -0.2) is 30.8 Å². The third kappa shape index (κ3) is 6.27. The largest absolute Gasteiger partial charge is 0.355 e. The van der Waals surface area contributed by atoms with Gasteiger partial charge in [0, 0.05) is 6.54 Å². The number of rotatable bonds is 7. The van der Waals surface area contributed by atoms with E-state index < -0.39 is 0 Å². The Morgan fingerprint density at radius 3 is 2.50 bits per heavy atom. The molecule has 1 unspecified atom stereocenters. The van der Waals surface area contributed by atoms with E-state index in [0.29, 0.717) is 0 Å². The first kappa shape index (κ1) is 13.8. The lowest BCUT2D eigenvalue weighted by Gasteiger charge is -2.14. The fourth-order valence-corrected chi connectivity index (χ4v) is 1.10. The van der Waals surface area contributed by atoms with Gasteiger partial charge in [0.15, 0.2) is 0 Å². The van der Waals surface area contributed by atoms with Crippen molar-refractivity contribution in [2.24, 2.45) is 5.92 Å².